The fourth-order valence-corrected chi connectivity index (χ4v) is 4.38. The Morgan fingerprint density at radius 3 is 2.87 bits per heavy atom. The summed E-state index contributed by atoms with van der Waals surface area (Å²) in [4.78, 5) is 58.3. The average Bonchev–Trinajstić information content (AvgIpc) is 3.15. The van der Waals surface area contributed by atoms with Crippen LogP contribution in [0.1, 0.15) is 12.5 Å². The number of carbonyl (C=O) groups excluding carboxylic acids is 4. The van der Waals surface area contributed by atoms with Crippen LogP contribution in [0.2, 0.25) is 0 Å². The molecule has 1 N–H and O–H groups in total. The maximum atomic E-state index is 12.8. The van der Waals surface area contributed by atoms with E-state index in [2.05, 4.69) is 10.3 Å². The van der Waals surface area contributed by atoms with E-state index < -0.39 is 35.7 Å². The summed E-state index contributed by atoms with van der Waals surface area (Å²) in [7, 11) is 0. The van der Waals surface area contributed by atoms with Gasteiger partial charge in [0.15, 0.2) is 6.04 Å². The van der Waals surface area contributed by atoms with Crippen LogP contribution in [-0.2, 0) is 30.5 Å². The van der Waals surface area contributed by atoms with Gasteiger partial charge in [0.2, 0.25) is 11.6 Å². The molecule has 3 aliphatic rings. The largest absolute Gasteiger partial charge is 0.354 e. The summed E-state index contributed by atoms with van der Waals surface area (Å²) in [6, 6.07) is 7.97. The highest BCUT2D eigenvalue weighted by Gasteiger charge is 2.52. The number of hydrogen-bond acceptors (Lipinski definition) is 7. The molecule has 9 heteroatoms. The van der Waals surface area contributed by atoms with E-state index in [1.165, 1.54) is 16.0 Å². The number of nitrogens with zero attached hydrogens (tertiary/aromatic N) is 3. The van der Waals surface area contributed by atoms with E-state index >= 15 is 0 Å². The number of hydrogen-bond donors (Lipinski definition) is 1. The third-order valence-corrected chi connectivity index (χ3v) is 5.91. The van der Waals surface area contributed by atoms with Crippen molar-refractivity contribution in [2.24, 2.45) is 0 Å². The van der Waals surface area contributed by atoms with Gasteiger partial charge in [0.25, 0.3) is 11.8 Å². The minimum Gasteiger partial charge on any atom is -0.354 e. The number of Topliss-reactive ketones (excluding diaryl/α,β-unsaturated/α-hetero) is 2. The zero-order valence-corrected chi connectivity index (χ0v) is 16.8. The summed E-state index contributed by atoms with van der Waals surface area (Å²) in [5.41, 5.74) is 1.26. The molecule has 1 unspecified atom stereocenters. The third-order valence-electron chi connectivity index (χ3n) is 5.91. The second-order valence-electron chi connectivity index (χ2n) is 7.89. The minimum atomic E-state index is -1.23. The first kappa shape index (κ1) is 19.4. The van der Waals surface area contributed by atoms with Gasteiger partial charge >= 0.3 is 0 Å². The van der Waals surface area contributed by atoms with E-state index in [1.54, 1.807) is 6.20 Å². The number of fused-ring (bicyclic) bond motifs is 3. The summed E-state index contributed by atoms with van der Waals surface area (Å²) in [5, 5.41) is 3.63. The molecule has 2 aromatic rings. The standard InChI is InChI=1S/C22H20N4O5/c1-12-11-31-16-10-25-9-15(19(27)20(28)18(25)22(30)26(12)16)21(29)24-8-14-5-2-4-13-6-3-7-23-17(13)14/h2-7,9,12,16,18H,8,10-11H2,1H3,(H,24,29)/t12-,16+,18?/m0/s1. The molecule has 1 aromatic carbocycles. The average molecular weight is 420 g/mol. The van der Waals surface area contributed by atoms with Gasteiger partial charge in [-0.05, 0) is 18.6 Å². The lowest BCUT2D eigenvalue weighted by Gasteiger charge is -2.43. The number of rotatable bonds is 3. The smallest absolute Gasteiger partial charge is 0.257 e. The number of pyridine rings is 1. The van der Waals surface area contributed by atoms with Crippen molar-refractivity contribution in [1.82, 2.24) is 20.1 Å². The molecule has 3 atom stereocenters. The molecule has 2 saturated heterocycles. The molecule has 0 saturated carbocycles. The molecule has 5 rings (SSSR count). The van der Waals surface area contributed by atoms with E-state index in [0.29, 0.717) is 6.61 Å². The van der Waals surface area contributed by atoms with E-state index in [4.69, 9.17) is 4.74 Å². The molecule has 2 fully saturated rings. The minimum absolute atomic E-state index is 0.144. The van der Waals surface area contributed by atoms with Crippen LogP contribution in [0.3, 0.4) is 0 Å². The Hall–Kier alpha value is -3.59. The van der Waals surface area contributed by atoms with Crippen LogP contribution >= 0.6 is 0 Å². The maximum absolute atomic E-state index is 12.8. The van der Waals surface area contributed by atoms with Crippen molar-refractivity contribution < 1.29 is 23.9 Å². The zero-order valence-electron chi connectivity index (χ0n) is 16.8. The number of nitrogens with one attached hydrogen (secondary N) is 1. The number of aromatic nitrogens is 1. The number of amides is 2. The summed E-state index contributed by atoms with van der Waals surface area (Å²) in [6.45, 7) is 2.57. The van der Waals surface area contributed by atoms with Crippen molar-refractivity contribution in [3.8, 4) is 0 Å². The molecule has 31 heavy (non-hydrogen) atoms. The first-order chi connectivity index (χ1) is 15.0. The normalized spacial score (nSPS) is 25.4. The van der Waals surface area contributed by atoms with Gasteiger partial charge in [-0.25, -0.2) is 0 Å². The number of benzene rings is 1. The van der Waals surface area contributed by atoms with Crippen molar-refractivity contribution in [2.45, 2.75) is 31.8 Å². The molecular weight excluding hydrogens is 400 g/mol. The Labute approximate surface area is 177 Å². The van der Waals surface area contributed by atoms with Crippen molar-refractivity contribution in [1.29, 1.82) is 0 Å². The van der Waals surface area contributed by atoms with Gasteiger partial charge in [-0.3, -0.25) is 24.2 Å². The van der Waals surface area contributed by atoms with Crippen LogP contribution in [0.4, 0.5) is 0 Å². The first-order valence-corrected chi connectivity index (χ1v) is 10.1. The number of carbonyl (C=O) groups is 4. The van der Waals surface area contributed by atoms with Gasteiger partial charge in [0.1, 0.15) is 11.8 Å². The number of piperazine rings is 1. The van der Waals surface area contributed by atoms with Crippen molar-refractivity contribution in [2.75, 3.05) is 13.2 Å². The van der Waals surface area contributed by atoms with Crippen LogP contribution < -0.4 is 5.32 Å². The summed E-state index contributed by atoms with van der Waals surface area (Å²) in [6.07, 6.45) is 2.48. The molecule has 0 spiro atoms. The molecule has 9 nitrogen and oxygen atoms in total. The number of ether oxygens (including phenoxy) is 1. The fraction of sp³-hybridized carbons (Fsp3) is 0.318. The predicted molar refractivity (Wildman–Crippen MR) is 108 cm³/mol. The Bertz CT molecular complexity index is 1150. The van der Waals surface area contributed by atoms with Gasteiger partial charge in [-0.2, -0.15) is 0 Å². The molecule has 0 radical (unpaired) electrons. The molecule has 0 bridgehead atoms. The van der Waals surface area contributed by atoms with Gasteiger partial charge in [-0.1, -0.05) is 24.3 Å². The molecule has 4 heterocycles. The zero-order chi connectivity index (χ0) is 21.7. The lowest BCUT2D eigenvalue weighted by Crippen LogP contribution is -2.65. The Morgan fingerprint density at radius 2 is 2.03 bits per heavy atom. The molecule has 3 aliphatic heterocycles. The molecule has 158 valence electrons. The van der Waals surface area contributed by atoms with Crippen LogP contribution in [0.5, 0.6) is 0 Å². The number of ketones is 2. The third kappa shape index (κ3) is 3.09. The van der Waals surface area contributed by atoms with Gasteiger partial charge in [-0.15, -0.1) is 0 Å². The highest BCUT2D eigenvalue weighted by molar-refractivity contribution is 6.53. The molecule has 0 aliphatic carbocycles. The molecule has 2 amide bonds. The highest BCUT2D eigenvalue weighted by atomic mass is 16.5. The summed E-state index contributed by atoms with van der Waals surface area (Å²) >= 11 is 0. The lowest BCUT2D eigenvalue weighted by molar-refractivity contribution is -0.159. The van der Waals surface area contributed by atoms with E-state index in [1.807, 2.05) is 37.3 Å². The van der Waals surface area contributed by atoms with Crippen LogP contribution in [-0.4, -0.2) is 69.6 Å². The van der Waals surface area contributed by atoms with Gasteiger partial charge < -0.3 is 19.9 Å². The van der Waals surface area contributed by atoms with Crippen LogP contribution in [0, 0.1) is 0 Å². The topological polar surface area (TPSA) is 109 Å². The number of para-hydroxylation sites is 1. The Morgan fingerprint density at radius 1 is 1.23 bits per heavy atom. The van der Waals surface area contributed by atoms with Crippen molar-refractivity contribution in [3.63, 3.8) is 0 Å². The highest BCUT2D eigenvalue weighted by Crippen LogP contribution is 2.29. The van der Waals surface area contributed by atoms with Crippen molar-refractivity contribution >= 4 is 34.3 Å². The first-order valence-electron chi connectivity index (χ1n) is 10.1. The summed E-state index contributed by atoms with van der Waals surface area (Å²) in [5.74, 6) is -2.96. The summed E-state index contributed by atoms with van der Waals surface area (Å²) < 4.78 is 5.62. The predicted octanol–water partition coefficient (Wildman–Crippen LogP) is 0.144. The van der Waals surface area contributed by atoms with E-state index in [9.17, 15) is 19.2 Å². The Kier molecular flexibility index (Phi) is 4.55. The second kappa shape index (κ2) is 7.28. The van der Waals surface area contributed by atoms with E-state index in [0.717, 1.165) is 16.5 Å². The maximum Gasteiger partial charge on any atom is 0.257 e. The molecule has 1 aromatic heterocycles. The van der Waals surface area contributed by atoms with Gasteiger partial charge in [0, 0.05) is 24.3 Å². The van der Waals surface area contributed by atoms with Crippen LogP contribution in [0.25, 0.3) is 10.9 Å². The SMILES string of the molecule is C[C@H]1CO[C@@H]2CN3C=C(C(=O)NCc4cccc5cccnc45)C(=O)C(=O)C3C(=O)N12. The van der Waals surface area contributed by atoms with E-state index in [-0.39, 0.29) is 24.7 Å². The van der Waals surface area contributed by atoms with Crippen molar-refractivity contribution in [3.05, 3.63) is 53.9 Å². The lowest BCUT2D eigenvalue weighted by atomic mass is 9.93. The second-order valence-corrected chi connectivity index (χ2v) is 7.89. The molecular formula is C22H20N4O5. The van der Waals surface area contributed by atoms with Crippen LogP contribution in [0.15, 0.2) is 48.3 Å². The quantitative estimate of drug-likeness (QED) is 0.428. The Balaban J connectivity index is 1.37. The monoisotopic (exact) mass is 420 g/mol. The fourth-order valence-electron chi connectivity index (χ4n) is 4.38. The van der Waals surface area contributed by atoms with Gasteiger partial charge in [0.05, 0.1) is 24.7 Å².